The Morgan fingerprint density at radius 3 is 2.50 bits per heavy atom. The van der Waals surface area contributed by atoms with Crippen molar-refractivity contribution in [1.29, 1.82) is 0 Å². The second-order valence-corrected chi connectivity index (χ2v) is 6.99. The molecule has 10 heteroatoms. The summed E-state index contributed by atoms with van der Waals surface area (Å²) in [7, 11) is 0. The fraction of sp³-hybridized carbons (Fsp3) is 0.300. The van der Waals surface area contributed by atoms with Crippen molar-refractivity contribution >= 4 is 11.6 Å². The summed E-state index contributed by atoms with van der Waals surface area (Å²) in [6.45, 7) is 2.13. The van der Waals surface area contributed by atoms with Crippen LogP contribution in [0, 0.1) is 19.3 Å². The van der Waals surface area contributed by atoms with Crippen molar-refractivity contribution in [3.05, 3.63) is 63.1 Å². The number of fused-ring (bicyclic) bond motifs is 1. The van der Waals surface area contributed by atoms with E-state index in [4.69, 9.17) is 6.42 Å². The Hall–Kier alpha value is -3.45. The van der Waals surface area contributed by atoms with Crippen molar-refractivity contribution in [2.24, 2.45) is 0 Å². The van der Waals surface area contributed by atoms with Crippen LogP contribution >= 0.6 is 0 Å². The van der Waals surface area contributed by atoms with Crippen molar-refractivity contribution < 1.29 is 27.9 Å². The summed E-state index contributed by atoms with van der Waals surface area (Å²) < 4.78 is 39.6. The lowest BCUT2D eigenvalue weighted by molar-refractivity contribution is -0.144. The fourth-order valence-corrected chi connectivity index (χ4v) is 3.12. The number of nitrogens with zero attached hydrogens (tertiary/aromatic N) is 3. The van der Waals surface area contributed by atoms with Gasteiger partial charge in [0.15, 0.2) is 17.1 Å². The van der Waals surface area contributed by atoms with Crippen LogP contribution in [0.15, 0.2) is 46.1 Å². The first-order valence-electron chi connectivity index (χ1n) is 8.68. The Balaban J connectivity index is 2.06. The zero-order chi connectivity index (χ0) is 22.4. The summed E-state index contributed by atoms with van der Waals surface area (Å²) in [5, 5.41) is 10.1. The first kappa shape index (κ1) is 21.3. The molecular weight excluding hydrogens is 403 g/mol. The lowest BCUT2D eigenvalue weighted by atomic mass is 9.80. The van der Waals surface area contributed by atoms with E-state index in [0.717, 1.165) is 17.6 Å². The molecule has 0 aromatic carbocycles. The third-order valence-electron chi connectivity index (χ3n) is 4.81. The number of terminal acetylenes is 1. The van der Waals surface area contributed by atoms with Gasteiger partial charge in [-0.25, -0.2) is 4.98 Å². The maximum Gasteiger partial charge on any atom is 0.433 e. The number of rotatable bonds is 3. The maximum absolute atomic E-state index is 12.9. The molecule has 1 aliphatic carbocycles. The smallest absolute Gasteiger partial charge is 0.374 e. The highest BCUT2D eigenvalue weighted by atomic mass is 19.4. The fourth-order valence-electron chi connectivity index (χ4n) is 3.12. The number of aryl methyl sites for hydroxylation is 1. The molecule has 1 N–H and O–H groups in total. The molecule has 30 heavy (non-hydrogen) atoms. The van der Waals surface area contributed by atoms with Gasteiger partial charge in [-0.1, -0.05) is 5.92 Å². The van der Waals surface area contributed by atoms with Crippen LogP contribution < -0.4 is 5.56 Å². The summed E-state index contributed by atoms with van der Waals surface area (Å²) in [5.74, 6) is 0.612. The number of Topliss-reactive ketones (excluding diaryl/α,β-unsaturated/α-hetero) is 1. The predicted molar refractivity (Wildman–Crippen MR) is 98.7 cm³/mol. The zero-order valence-electron chi connectivity index (χ0n) is 15.9. The van der Waals surface area contributed by atoms with Crippen LogP contribution in [0.1, 0.15) is 18.4 Å². The molecule has 156 valence electrons. The Labute approximate surface area is 168 Å². The normalized spacial score (nSPS) is 21.5. The highest BCUT2D eigenvalue weighted by molar-refractivity contribution is 6.25. The Morgan fingerprint density at radius 2 is 1.93 bits per heavy atom. The van der Waals surface area contributed by atoms with Gasteiger partial charge in [0, 0.05) is 23.5 Å². The average molecular weight is 419 g/mol. The van der Waals surface area contributed by atoms with Gasteiger partial charge in [0.1, 0.15) is 5.82 Å². The van der Waals surface area contributed by atoms with E-state index in [2.05, 4.69) is 10.9 Å². The van der Waals surface area contributed by atoms with Gasteiger partial charge in [-0.05, 0) is 31.6 Å². The minimum Gasteiger partial charge on any atom is -0.374 e. The van der Waals surface area contributed by atoms with Gasteiger partial charge in [-0.2, -0.15) is 13.2 Å². The van der Waals surface area contributed by atoms with Gasteiger partial charge < -0.3 is 10.0 Å². The van der Waals surface area contributed by atoms with E-state index in [1.165, 1.54) is 24.1 Å². The van der Waals surface area contributed by atoms with E-state index in [1.54, 1.807) is 0 Å². The van der Waals surface area contributed by atoms with E-state index in [-0.39, 0.29) is 30.1 Å². The molecule has 7 nitrogen and oxygen atoms in total. The lowest BCUT2D eigenvalue weighted by Crippen LogP contribution is -2.47. The van der Waals surface area contributed by atoms with Gasteiger partial charge in [-0.15, -0.1) is 6.42 Å². The minimum atomic E-state index is -4.76. The van der Waals surface area contributed by atoms with Crippen molar-refractivity contribution in [2.75, 3.05) is 6.54 Å². The van der Waals surface area contributed by atoms with Crippen LogP contribution in [0.5, 0.6) is 0 Å². The molecular formula is C20H16F3N3O4. The van der Waals surface area contributed by atoms with E-state index in [1.807, 2.05) is 0 Å². The van der Waals surface area contributed by atoms with Gasteiger partial charge in [0.2, 0.25) is 5.78 Å². The van der Waals surface area contributed by atoms with Gasteiger partial charge in [-0.3, -0.25) is 19.0 Å². The quantitative estimate of drug-likeness (QED) is 0.583. The van der Waals surface area contributed by atoms with E-state index in [9.17, 15) is 32.7 Å². The Bertz CT molecular complexity index is 1150. The molecule has 0 radical (unpaired) electrons. The molecule has 0 amide bonds. The predicted octanol–water partition coefficient (Wildman–Crippen LogP) is 1.12. The van der Waals surface area contributed by atoms with Crippen LogP contribution in [-0.4, -0.2) is 43.3 Å². The molecule has 0 spiro atoms. The molecule has 1 aliphatic heterocycles. The summed E-state index contributed by atoms with van der Waals surface area (Å²) in [6.07, 6.45) is 4.48. The molecule has 2 heterocycles. The molecule has 3 rings (SSSR count). The van der Waals surface area contributed by atoms with Gasteiger partial charge in [0.05, 0.1) is 13.1 Å². The average Bonchev–Trinajstić information content (AvgIpc) is 2.63. The Kier molecular flexibility index (Phi) is 5.04. The molecule has 1 unspecified atom stereocenters. The van der Waals surface area contributed by atoms with Crippen LogP contribution in [0.2, 0.25) is 0 Å². The van der Waals surface area contributed by atoms with Crippen LogP contribution in [-0.2, 0) is 22.3 Å². The summed E-state index contributed by atoms with van der Waals surface area (Å²) in [5.41, 5.74) is -3.78. The number of halogens is 3. The molecule has 0 fully saturated rings. The molecule has 2 aliphatic rings. The number of ketones is 2. The maximum atomic E-state index is 12.9. The number of hydrogen-bond donors (Lipinski definition) is 1. The zero-order valence-corrected chi connectivity index (χ0v) is 15.9. The first-order valence-corrected chi connectivity index (χ1v) is 8.68. The molecule has 1 atom stereocenters. The van der Waals surface area contributed by atoms with Gasteiger partial charge in [0.25, 0.3) is 5.56 Å². The van der Waals surface area contributed by atoms with Crippen molar-refractivity contribution in [2.45, 2.75) is 32.2 Å². The van der Waals surface area contributed by atoms with E-state index < -0.39 is 34.6 Å². The number of aromatic nitrogens is 2. The first-order chi connectivity index (χ1) is 13.9. The van der Waals surface area contributed by atoms with Crippen molar-refractivity contribution in [1.82, 2.24) is 14.5 Å². The molecule has 0 saturated carbocycles. The number of carbonyl (C=O) groups excluding carboxylic acids is 2. The molecule has 0 bridgehead atoms. The second-order valence-electron chi connectivity index (χ2n) is 6.99. The number of carbonyl (C=O) groups is 2. The SMILES string of the molecule is C#CCN1C=C2C(=O)C(C)(O)C(=O)C=C2C=C1Cn1c(C)nc(C(F)(F)F)cc1=O. The van der Waals surface area contributed by atoms with Crippen molar-refractivity contribution in [3.8, 4) is 12.3 Å². The van der Waals surface area contributed by atoms with E-state index in [0.29, 0.717) is 11.8 Å². The van der Waals surface area contributed by atoms with Crippen LogP contribution in [0.4, 0.5) is 13.2 Å². The Morgan fingerprint density at radius 1 is 1.27 bits per heavy atom. The number of hydrogen-bond acceptors (Lipinski definition) is 6. The van der Waals surface area contributed by atoms with Gasteiger partial charge >= 0.3 is 6.18 Å². The number of aliphatic hydroxyl groups is 1. The summed E-state index contributed by atoms with van der Waals surface area (Å²) in [6, 6.07) is 0.396. The lowest BCUT2D eigenvalue weighted by Gasteiger charge is -2.33. The molecule has 0 saturated heterocycles. The number of allylic oxidation sites excluding steroid dienone is 3. The van der Waals surface area contributed by atoms with Crippen LogP contribution in [0.25, 0.3) is 0 Å². The molecule has 1 aromatic rings. The van der Waals surface area contributed by atoms with Crippen molar-refractivity contribution in [3.63, 3.8) is 0 Å². The topological polar surface area (TPSA) is 92.5 Å². The van der Waals surface area contributed by atoms with Crippen LogP contribution in [0.3, 0.4) is 0 Å². The second kappa shape index (κ2) is 7.11. The monoisotopic (exact) mass is 419 g/mol. The number of alkyl halides is 3. The highest BCUT2D eigenvalue weighted by Gasteiger charge is 2.44. The largest absolute Gasteiger partial charge is 0.433 e. The third kappa shape index (κ3) is 3.59. The van der Waals surface area contributed by atoms with E-state index >= 15 is 0 Å². The summed E-state index contributed by atoms with van der Waals surface area (Å²) >= 11 is 0. The highest BCUT2D eigenvalue weighted by Crippen LogP contribution is 2.33. The minimum absolute atomic E-state index is 0.0200. The third-order valence-corrected chi connectivity index (χ3v) is 4.81. The summed E-state index contributed by atoms with van der Waals surface area (Å²) in [4.78, 5) is 41.7. The molecule has 1 aromatic heterocycles. The standard InChI is InChI=1S/C20H16F3N3O4/c1-4-5-25-10-14-12(7-16(27)19(3,30)18(14)29)6-13(25)9-26-11(2)24-15(8-17(26)28)20(21,22)23/h1,6-8,10,30H,5,9H2,2-3H3.